The van der Waals surface area contributed by atoms with Gasteiger partial charge in [0.2, 0.25) is 0 Å². The summed E-state index contributed by atoms with van der Waals surface area (Å²) in [5.41, 5.74) is 5.85. The van der Waals surface area contributed by atoms with Crippen molar-refractivity contribution < 1.29 is 0 Å². The SMILES string of the molecule is CC.CC.CCCC(c1ccc(Cn2c(-c3nc(N(CC)CC)sc3C(C)(C)C)nc(C#N)c2C#N)cc1)C(C)(C)C.CNN. The molecule has 1 unspecified atom stereocenters. The van der Waals surface area contributed by atoms with Gasteiger partial charge in [-0.2, -0.15) is 10.5 Å². The van der Waals surface area contributed by atoms with Crippen molar-refractivity contribution in [3.8, 4) is 23.7 Å². The van der Waals surface area contributed by atoms with Gasteiger partial charge in [-0.25, -0.2) is 9.97 Å². The lowest BCUT2D eigenvalue weighted by Crippen LogP contribution is -2.21. The van der Waals surface area contributed by atoms with Gasteiger partial charge in [0.25, 0.3) is 0 Å². The minimum Gasteiger partial charge on any atom is -0.349 e. The third-order valence-electron chi connectivity index (χ3n) is 7.07. The van der Waals surface area contributed by atoms with Crippen LogP contribution in [0.2, 0.25) is 0 Å². The Kier molecular flexibility index (Phi) is 18.6. The van der Waals surface area contributed by atoms with Gasteiger partial charge in [-0.15, -0.1) is 11.3 Å². The molecule has 0 aliphatic heterocycles. The molecule has 9 heteroatoms. The van der Waals surface area contributed by atoms with Crippen LogP contribution < -0.4 is 16.2 Å². The van der Waals surface area contributed by atoms with Crippen molar-refractivity contribution in [2.45, 2.75) is 121 Å². The Morgan fingerprint density at radius 1 is 0.933 bits per heavy atom. The molecular formula is C36H60N8S. The number of thiazole rings is 1. The third kappa shape index (κ3) is 11.3. The number of hydrogen-bond acceptors (Lipinski definition) is 8. The van der Waals surface area contributed by atoms with Gasteiger partial charge in [-0.1, -0.05) is 107 Å². The molecule has 0 saturated carbocycles. The van der Waals surface area contributed by atoms with Crippen LogP contribution in [0.1, 0.15) is 136 Å². The Balaban J connectivity index is 0.00000256. The Hall–Kier alpha value is -3.24. The van der Waals surface area contributed by atoms with E-state index in [1.165, 1.54) is 5.56 Å². The largest absolute Gasteiger partial charge is 0.349 e. The van der Waals surface area contributed by atoms with Crippen molar-refractivity contribution in [2.24, 2.45) is 11.3 Å². The number of nitrogens with two attached hydrogens (primary N) is 1. The summed E-state index contributed by atoms with van der Waals surface area (Å²) in [6.45, 7) is 30.0. The first-order valence-corrected chi connectivity index (χ1v) is 17.3. The number of anilines is 1. The highest BCUT2D eigenvalue weighted by atomic mass is 32.1. The normalized spacial score (nSPS) is 11.4. The molecule has 3 rings (SSSR count). The van der Waals surface area contributed by atoms with Crippen LogP contribution in [0.3, 0.4) is 0 Å². The molecule has 0 aliphatic rings. The number of imidazole rings is 1. The molecule has 1 atom stereocenters. The van der Waals surface area contributed by atoms with Crippen molar-refractivity contribution in [3.63, 3.8) is 0 Å². The van der Waals surface area contributed by atoms with Gasteiger partial charge in [0.05, 0.1) is 6.54 Å². The van der Waals surface area contributed by atoms with Crippen LogP contribution in [-0.2, 0) is 12.0 Å². The lowest BCUT2D eigenvalue weighted by atomic mass is 9.74. The lowest BCUT2D eigenvalue weighted by molar-refractivity contribution is 0.303. The second kappa shape index (κ2) is 20.0. The topological polar surface area (TPSA) is 120 Å². The minimum absolute atomic E-state index is 0.145. The number of aromatic nitrogens is 3. The van der Waals surface area contributed by atoms with E-state index in [-0.39, 0.29) is 22.2 Å². The molecule has 8 nitrogen and oxygen atoms in total. The van der Waals surface area contributed by atoms with Crippen LogP contribution in [0.5, 0.6) is 0 Å². The summed E-state index contributed by atoms with van der Waals surface area (Å²) in [5.74, 6) is 5.66. The fraction of sp³-hybridized carbons (Fsp3) is 0.611. The monoisotopic (exact) mass is 636 g/mol. The van der Waals surface area contributed by atoms with Crippen LogP contribution in [0.25, 0.3) is 11.5 Å². The second-order valence-corrected chi connectivity index (χ2v) is 13.3. The fourth-order valence-electron chi connectivity index (χ4n) is 5.00. The maximum Gasteiger partial charge on any atom is 0.186 e. The third-order valence-corrected chi connectivity index (χ3v) is 8.61. The zero-order valence-electron chi connectivity index (χ0n) is 30.6. The average Bonchev–Trinajstić information content (AvgIpc) is 3.61. The molecule has 250 valence electrons. The molecule has 0 saturated heterocycles. The van der Waals surface area contributed by atoms with E-state index in [1.54, 1.807) is 18.4 Å². The molecule has 0 amide bonds. The van der Waals surface area contributed by atoms with Gasteiger partial charge >= 0.3 is 0 Å². The fourth-order valence-corrected chi connectivity index (χ4v) is 6.25. The highest BCUT2D eigenvalue weighted by molar-refractivity contribution is 7.16. The summed E-state index contributed by atoms with van der Waals surface area (Å²) < 4.78 is 1.87. The van der Waals surface area contributed by atoms with Crippen molar-refractivity contribution in [2.75, 3.05) is 25.0 Å². The molecule has 0 aliphatic carbocycles. The van der Waals surface area contributed by atoms with Gasteiger partial charge in [-0.3, -0.25) is 11.3 Å². The molecule has 0 spiro atoms. The summed E-state index contributed by atoms with van der Waals surface area (Å²) in [6.07, 6.45) is 2.29. The van der Waals surface area contributed by atoms with Gasteiger partial charge in [0.1, 0.15) is 17.8 Å². The molecular weight excluding hydrogens is 577 g/mol. The number of nitrogens with zero attached hydrogens (tertiary/aromatic N) is 6. The van der Waals surface area contributed by atoms with Gasteiger partial charge in [0, 0.05) is 18.0 Å². The molecule has 2 heterocycles. The molecule has 0 radical (unpaired) electrons. The van der Waals surface area contributed by atoms with E-state index < -0.39 is 0 Å². The van der Waals surface area contributed by atoms with Crippen LogP contribution in [0.4, 0.5) is 5.13 Å². The summed E-state index contributed by atoms with van der Waals surface area (Å²) >= 11 is 1.67. The molecule has 45 heavy (non-hydrogen) atoms. The smallest absolute Gasteiger partial charge is 0.186 e. The highest BCUT2D eigenvalue weighted by Gasteiger charge is 2.30. The average molecular weight is 637 g/mol. The van der Waals surface area contributed by atoms with E-state index in [2.05, 4.69) is 120 Å². The number of hydrogen-bond donors (Lipinski definition) is 2. The summed E-state index contributed by atoms with van der Waals surface area (Å²) in [6, 6.07) is 13.1. The zero-order valence-corrected chi connectivity index (χ0v) is 31.4. The minimum atomic E-state index is -0.169. The summed E-state index contributed by atoms with van der Waals surface area (Å²) in [5, 5.41) is 20.8. The lowest BCUT2D eigenvalue weighted by Gasteiger charge is -2.31. The van der Waals surface area contributed by atoms with E-state index in [1.807, 2.05) is 32.3 Å². The number of benzene rings is 1. The molecule has 0 fully saturated rings. The van der Waals surface area contributed by atoms with Gasteiger partial charge in [-0.05, 0) is 55.2 Å². The number of rotatable bonds is 9. The van der Waals surface area contributed by atoms with Crippen LogP contribution >= 0.6 is 11.3 Å². The quantitative estimate of drug-likeness (QED) is 0.178. The second-order valence-electron chi connectivity index (χ2n) is 12.3. The van der Waals surface area contributed by atoms with Crippen LogP contribution in [-0.4, -0.2) is 34.7 Å². The zero-order chi connectivity index (χ0) is 35.0. The van der Waals surface area contributed by atoms with Crippen molar-refractivity contribution in [1.29, 1.82) is 10.5 Å². The summed E-state index contributed by atoms with van der Waals surface area (Å²) in [4.78, 5) is 13.0. The highest BCUT2D eigenvalue weighted by Crippen LogP contribution is 2.41. The first-order valence-electron chi connectivity index (χ1n) is 16.4. The van der Waals surface area contributed by atoms with E-state index in [0.717, 1.165) is 47.2 Å². The predicted octanol–water partition coefficient (Wildman–Crippen LogP) is 9.00. The number of nitrogens with one attached hydrogen (secondary N) is 1. The summed E-state index contributed by atoms with van der Waals surface area (Å²) in [7, 11) is 1.65. The molecule has 3 aromatic rings. The Morgan fingerprint density at radius 3 is 1.87 bits per heavy atom. The van der Waals surface area contributed by atoms with E-state index in [9.17, 15) is 10.5 Å². The first-order chi connectivity index (χ1) is 21.3. The standard InChI is InChI=1S/C31H42N6S.2C2H6.CH6N2/c1-10-13-23(30(4,5)6)22-16-14-21(15-17-22)20-37-25(19-33)24(18-32)34-28(37)26-27(31(7,8)9)38-29(35-26)36(11-2)12-3;2*1-2;1-3-2/h14-17,23H,10-13,20H2,1-9H3;2*1-2H3;3H,2H2,1H3. The van der Waals surface area contributed by atoms with E-state index in [0.29, 0.717) is 18.3 Å². The van der Waals surface area contributed by atoms with Crippen molar-refractivity contribution in [1.82, 2.24) is 20.0 Å². The maximum absolute atomic E-state index is 10.0. The van der Waals surface area contributed by atoms with Crippen molar-refractivity contribution in [3.05, 3.63) is 51.7 Å². The maximum atomic E-state index is 10.0. The first kappa shape index (κ1) is 41.8. The molecule has 2 aromatic heterocycles. The Bertz CT molecular complexity index is 1340. The predicted molar refractivity (Wildman–Crippen MR) is 194 cm³/mol. The van der Waals surface area contributed by atoms with Gasteiger partial charge in [0.15, 0.2) is 22.3 Å². The van der Waals surface area contributed by atoms with Crippen LogP contribution in [0.15, 0.2) is 24.3 Å². The molecule has 3 N–H and O–H groups in total. The number of hydrazine groups is 1. The van der Waals surface area contributed by atoms with Crippen LogP contribution in [0, 0.1) is 28.1 Å². The van der Waals surface area contributed by atoms with E-state index in [4.69, 9.17) is 4.98 Å². The number of nitriles is 2. The Morgan fingerprint density at radius 2 is 1.47 bits per heavy atom. The van der Waals surface area contributed by atoms with Crippen molar-refractivity contribution >= 4 is 16.5 Å². The Labute approximate surface area is 278 Å². The van der Waals surface area contributed by atoms with E-state index >= 15 is 0 Å². The van der Waals surface area contributed by atoms with Gasteiger partial charge < -0.3 is 9.47 Å². The molecule has 1 aromatic carbocycles. The molecule has 0 bridgehead atoms.